The van der Waals surface area contributed by atoms with E-state index in [9.17, 15) is 9.18 Å². The second-order valence-corrected chi connectivity index (χ2v) is 7.43. The standard InChI is InChI=1S/C21H24FN3O2/c1-27-19-5-3-17(20(22)10-19)13-24-11-15-2-4-18(24)14-25(12-15)21(26)16-6-8-23-9-7-16/h3,5-10,15,18H,2,4,11-14H2,1H3/t15-,18-/m1/s1. The van der Waals surface area contributed by atoms with E-state index >= 15 is 0 Å². The highest BCUT2D eigenvalue weighted by atomic mass is 19.1. The number of ether oxygens (including phenoxy) is 1. The van der Waals surface area contributed by atoms with Crippen LogP contribution in [0, 0.1) is 11.7 Å². The van der Waals surface area contributed by atoms with Crippen LogP contribution in [0.1, 0.15) is 28.8 Å². The number of fused-ring (bicyclic) bond motifs is 4. The van der Waals surface area contributed by atoms with Gasteiger partial charge >= 0.3 is 0 Å². The Hall–Kier alpha value is -2.47. The summed E-state index contributed by atoms with van der Waals surface area (Å²) in [5.41, 5.74) is 1.36. The molecule has 27 heavy (non-hydrogen) atoms. The molecule has 0 spiro atoms. The number of piperidine rings is 1. The average molecular weight is 369 g/mol. The van der Waals surface area contributed by atoms with E-state index in [1.54, 1.807) is 36.7 Å². The Bertz CT molecular complexity index is 814. The summed E-state index contributed by atoms with van der Waals surface area (Å²) in [5, 5.41) is 0. The van der Waals surface area contributed by atoms with Crippen LogP contribution >= 0.6 is 0 Å². The molecule has 2 bridgehead atoms. The molecule has 1 aromatic heterocycles. The Balaban J connectivity index is 1.49. The topological polar surface area (TPSA) is 45.7 Å². The second kappa shape index (κ2) is 7.64. The third kappa shape index (κ3) is 3.81. The third-order valence-electron chi connectivity index (χ3n) is 5.68. The lowest BCUT2D eigenvalue weighted by molar-refractivity contribution is 0.0735. The van der Waals surface area contributed by atoms with Gasteiger partial charge in [-0.25, -0.2) is 4.39 Å². The highest BCUT2D eigenvalue weighted by molar-refractivity contribution is 5.94. The minimum Gasteiger partial charge on any atom is -0.497 e. The molecule has 6 heteroatoms. The number of halogens is 1. The number of pyridine rings is 1. The number of hydrogen-bond acceptors (Lipinski definition) is 4. The fraction of sp³-hybridized carbons (Fsp3) is 0.429. The van der Waals surface area contributed by atoms with Gasteiger partial charge in [-0.05, 0) is 37.0 Å². The summed E-state index contributed by atoms with van der Waals surface area (Å²) in [7, 11) is 1.54. The van der Waals surface area contributed by atoms with Crippen molar-refractivity contribution in [2.45, 2.75) is 25.4 Å². The highest BCUT2D eigenvalue weighted by Crippen LogP contribution is 2.30. The minimum atomic E-state index is -0.237. The van der Waals surface area contributed by atoms with Gasteiger partial charge in [0.15, 0.2) is 0 Å². The number of carbonyl (C=O) groups excluding carboxylic acids is 1. The van der Waals surface area contributed by atoms with E-state index in [1.807, 2.05) is 4.90 Å². The van der Waals surface area contributed by atoms with Gasteiger partial charge in [-0.1, -0.05) is 6.07 Å². The first-order valence-corrected chi connectivity index (χ1v) is 9.40. The Kier molecular flexibility index (Phi) is 5.07. The predicted octanol–water partition coefficient (Wildman–Crippen LogP) is 2.97. The number of benzene rings is 1. The van der Waals surface area contributed by atoms with Crippen molar-refractivity contribution >= 4 is 5.91 Å². The lowest BCUT2D eigenvalue weighted by Crippen LogP contribution is -2.44. The van der Waals surface area contributed by atoms with Crippen LogP contribution in [0.4, 0.5) is 4.39 Å². The van der Waals surface area contributed by atoms with Crippen molar-refractivity contribution < 1.29 is 13.9 Å². The monoisotopic (exact) mass is 369 g/mol. The first-order chi connectivity index (χ1) is 13.1. The SMILES string of the molecule is COc1ccc(CN2C[C@H]3CC[C@@H]2CN(C(=O)c2ccncc2)C3)c(F)c1. The van der Waals surface area contributed by atoms with E-state index in [-0.39, 0.29) is 17.8 Å². The van der Waals surface area contributed by atoms with Gasteiger partial charge in [0.2, 0.25) is 0 Å². The maximum atomic E-state index is 14.4. The van der Waals surface area contributed by atoms with Gasteiger partial charge in [0.1, 0.15) is 11.6 Å². The number of rotatable bonds is 4. The zero-order valence-corrected chi connectivity index (χ0v) is 15.5. The highest BCUT2D eigenvalue weighted by Gasteiger charge is 2.36. The van der Waals surface area contributed by atoms with Crippen LogP contribution in [-0.2, 0) is 6.54 Å². The van der Waals surface area contributed by atoms with E-state index < -0.39 is 0 Å². The van der Waals surface area contributed by atoms with Gasteiger partial charge in [-0.3, -0.25) is 14.7 Å². The summed E-state index contributed by atoms with van der Waals surface area (Å²) in [6.45, 7) is 2.92. The molecule has 3 aliphatic rings. The van der Waals surface area contributed by atoms with Gasteiger partial charge < -0.3 is 9.64 Å². The van der Waals surface area contributed by atoms with E-state index in [2.05, 4.69) is 9.88 Å². The summed E-state index contributed by atoms with van der Waals surface area (Å²) >= 11 is 0. The number of nitrogens with zero attached hydrogens (tertiary/aromatic N) is 3. The molecule has 0 saturated carbocycles. The first kappa shape index (κ1) is 17.9. The van der Waals surface area contributed by atoms with Crippen LogP contribution in [-0.4, -0.2) is 53.5 Å². The molecule has 3 aliphatic heterocycles. The molecule has 0 radical (unpaired) electrons. The molecular weight excluding hydrogens is 345 g/mol. The molecule has 3 fully saturated rings. The van der Waals surface area contributed by atoms with Crippen LogP contribution in [0.2, 0.25) is 0 Å². The number of aromatic nitrogens is 1. The number of methoxy groups -OCH3 is 1. The Labute approximate surface area is 158 Å². The molecule has 5 nitrogen and oxygen atoms in total. The molecule has 0 unspecified atom stereocenters. The lowest BCUT2D eigenvalue weighted by atomic mass is 9.94. The normalized spacial score (nSPS) is 22.5. The van der Waals surface area contributed by atoms with Gasteiger partial charge in [-0.15, -0.1) is 0 Å². The maximum absolute atomic E-state index is 14.4. The quantitative estimate of drug-likeness (QED) is 0.831. The molecule has 142 valence electrons. The Morgan fingerprint density at radius 2 is 2.00 bits per heavy atom. The van der Waals surface area contributed by atoms with Crippen molar-refractivity contribution in [1.82, 2.24) is 14.8 Å². The van der Waals surface area contributed by atoms with E-state index in [4.69, 9.17) is 4.74 Å². The van der Waals surface area contributed by atoms with Gasteiger partial charge in [0.05, 0.1) is 7.11 Å². The summed E-state index contributed by atoms with van der Waals surface area (Å²) in [4.78, 5) is 21.1. The largest absolute Gasteiger partial charge is 0.497 e. The summed E-state index contributed by atoms with van der Waals surface area (Å²) in [5.74, 6) is 0.782. The van der Waals surface area contributed by atoms with Crippen molar-refractivity contribution in [3.63, 3.8) is 0 Å². The second-order valence-electron chi connectivity index (χ2n) is 7.43. The fourth-order valence-electron chi connectivity index (χ4n) is 4.22. The Morgan fingerprint density at radius 3 is 2.74 bits per heavy atom. The summed E-state index contributed by atoms with van der Waals surface area (Å²) in [6, 6.07) is 8.82. The van der Waals surface area contributed by atoms with Crippen molar-refractivity contribution in [2.75, 3.05) is 26.7 Å². The molecule has 4 heterocycles. The molecule has 2 aromatic rings. The molecule has 3 saturated heterocycles. The molecule has 1 aromatic carbocycles. The average Bonchev–Trinajstić information content (AvgIpc) is 3.01. The van der Waals surface area contributed by atoms with Crippen molar-refractivity contribution in [3.05, 3.63) is 59.7 Å². The van der Waals surface area contributed by atoms with Crippen molar-refractivity contribution in [3.8, 4) is 5.75 Å². The number of amides is 1. The summed E-state index contributed by atoms with van der Waals surface area (Å²) < 4.78 is 19.5. The first-order valence-electron chi connectivity index (χ1n) is 9.40. The van der Waals surface area contributed by atoms with Gasteiger partial charge in [0, 0.05) is 61.8 Å². The molecular formula is C21H24FN3O2. The third-order valence-corrected chi connectivity index (χ3v) is 5.68. The van der Waals surface area contributed by atoms with E-state index in [1.165, 1.54) is 13.2 Å². The van der Waals surface area contributed by atoms with Crippen LogP contribution in [0.5, 0.6) is 5.75 Å². The van der Waals surface area contributed by atoms with Crippen LogP contribution in [0.25, 0.3) is 0 Å². The number of carbonyl (C=O) groups is 1. The van der Waals surface area contributed by atoms with Crippen LogP contribution < -0.4 is 4.74 Å². The minimum absolute atomic E-state index is 0.0618. The molecule has 2 atom stereocenters. The van der Waals surface area contributed by atoms with Crippen LogP contribution in [0.3, 0.4) is 0 Å². The van der Waals surface area contributed by atoms with Gasteiger partial charge in [0.25, 0.3) is 5.91 Å². The van der Waals surface area contributed by atoms with Gasteiger partial charge in [-0.2, -0.15) is 0 Å². The molecule has 0 N–H and O–H groups in total. The van der Waals surface area contributed by atoms with Crippen LogP contribution in [0.15, 0.2) is 42.7 Å². The Morgan fingerprint density at radius 1 is 1.19 bits per heavy atom. The zero-order valence-electron chi connectivity index (χ0n) is 15.5. The molecule has 0 aliphatic carbocycles. The van der Waals surface area contributed by atoms with E-state index in [0.29, 0.717) is 35.9 Å². The lowest BCUT2D eigenvalue weighted by Gasteiger charge is -2.36. The zero-order chi connectivity index (χ0) is 18.8. The molecule has 1 amide bonds. The predicted molar refractivity (Wildman–Crippen MR) is 100 cm³/mol. The smallest absolute Gasteiger partial charge is 0.254 e. The van der Waals surface area contributed by atoms with Crippen molar-refractivity contribution in [1.29, 1.82) is 0 Å². The fourth-order valence-corrected chi connectivity index (χ4v) is 4.22. The number of hydrogen-bond donors (Lipinski definition) is 0. The summed E-state index contributed by atoms with van der Waals surface area (Å²) in [6.07, 6.45) is 5.46. The maximum Gasteiger partial charge on any atom is 0.254 e. The van der Waals surface area contributed by atoms with Crippen molar-refractivity contribution in [2.24, 2.45) is 5.92 Å². The van der Waals surface area contributed by atoms with E-state index in [0.717, 1.165) is 25.9 Å². The molecule has 5 rings (SSSR count).